The molecule has 0 aliphatic carbocycles. The van der Waals surface area contributed by atoms with Gasteiger partial charge in [-0.2, -0.15) is 4.31 Å². The molecular weight excluding hydrogens is 429 g/mol. The summed E-state index contributed by atoms with van der Waals surface area (Å²) in [6, 6.07) is 7.97. The van der Waals surface area contributed by atoms with Crippen molar-refractivity contribution in [3.05, 3.63) is 46.7 Å². The Hall–Kier alpha value is -2.11. The van der Waals surface area contributed by atoms with E-state index in [1.807, 2.05) is 17.5 Å². The van der Waals surface area contributed by atoms with Gasteiger partial charge in [-0.3, -0.25) is 4.79 Å². The van der Waals surface area contributed by atoms with E-state index in [0.29, 0.717) is 12.8 Å². The van der Waals surface area contributed by atoms with Crippen molar-refractivity contribution >= 4 is 27.3 Å². The summed E-state index contributed by atoms with van der Waals surface area (Å²) in [6.07, 6.45) is -3.82. The Balaban J connectivity index is 1.55. The van der Waals surface area contributed by atoms with Crippen LogP contribution in [0.15, 0.2) is 46.7 Å². The number of halogens is 3. The molecule has 2 heterocycles. The number of sulfonamides is 1. The highest BCUT2D eigenvalue weighted by molar-refractivity contribution is 7.89. The molecule has 1 fully saturated rings. The molecule has 0 N–H and O–H groups in total. The minimum Gasteiger partial charge on any atom is -0.406 e. The molecule has 6 nitrogen and oxygen atoms in total. The van der Waals surface area contributed by atoms with Crippen molar-refractivity contribution < 1.29 is 31.1 Å². The van der Waals surface area contributed by atoms with Gasteiger partial charge in [-0.1, -0.05) is 6.07 Å². The zero-order valence-electron chi connectivity index (χ0n) is 15.3. The molecule has 0 saturated carbocycles. The topological polar surface area (TPSA) is 66.9 Å². The smallest absolute Gasteiger partial charge is 0.406 e. The van der Waals surface area contributed by atoms with Gasteiger partial charge < -0.3 is 9.64 Å². The van der Waals surface area contributed by atoms with Gasteiger partial charge in [0.05, 0.1) is 4.90 Å². The number of nitrogens with zero attached hydrogens (tertiary/aromatic N) is 2. The van der Waals surface area contributed by atoms with Gasteiger partial charge >= 0.3 is 6.36 Å². The number of benzene rings is 1. The number of aryl methyl sites for hydroxylation is 1. The van der Waals surface area contributed by atoms with Crippen molar-refractivity contribution in [3.63, 3.8) is 0 Å². The van der Waals surface area contributed by atoms with Crippen molar-refractivity contribution in [2.24, 2.45) is 0 Å². The number of hydrogen-bond donors (Lipinski definition) is 0. The molecule has 158 valence electrons. The first-order valence-electron chi connectivity index (χ1n) is 8.81. The fourth-order valence-corrected chi connectivity index (χ4v) is 5.11. The van der Waals surface area contributed by atoms with Crippen molar-refractivity contribution in [1.82, 2.24) is 9.21 Å². The number of piperazine rings is 1. The van der Waals surface area contributed by atoms with Crippen molar-refractivity contribution in [3.8, 4) is 5.75 Å². The third kappa shape index (κ3) is 5.71. The molecule has 2 aromatic rings. The van der Waals surface area contributed by atoms with E-state index < -0.39 is 22.1 Å². The zero-order chi connectivity index (χ0) is 21.1. The van der Waals surface area contributed by atoms with Crippen LogP contribution in [-0.2, 0) is 21.2 Å². The molecule has 1 aromatic heterocycles. The maximum absolute atomic E-state index is 12.7. The van der Waals surface area contributed by atoms with Crippen LogP contribution in [0.4, 0.5) is 13.2 Å². The van der Waals surface area contributed by atoms with Crippen LogP contribution in [0.1, 0.15) is 11.3 Å². The first-order valence-corrected chi connectivity index (χ1v) is 11.1. The lowest BCUT2D eigenvalue weighted by Gasteiger charge is -2.34. The molecule has 0 bridgehead atoms. The highest BCUT2D eigenvalue weighted by Gasteiger charge is 2.32. The maximum Gasteiger partial charge on any atom is 0.573 e. The monoisotopic (exact) mass is 448 g/mol. The summed E-state index contributed by atoms with van der Waals surface area (Å²) in [5.74, 6) is -0.512. The number of carbonyl (C=O) groups excluding carboxylic acids is 1. The van der Waals surface area contributed by atoms with E-state index >= 15 is 0 Å². The van der Waals surface area contributed by atoms with Crippen LogP contribution in [0.25, 0.3) is 0 Å². The lowest BCUT2D eigenvalue weighted by atomic mass is 10.2. The van der Waals surface area contributed by atoms with Crippen LogP contribution in [0.3, 0.4) is 0 Å². The van der Waals surface area contributed by atoms with Gasteiger partial charge in [-0.15, -0.1) is 24.5 Å². The van der Waals surface area contributed by atoms with E-state index in [0.717, 1.165) is 29.1 Å². The predicted octanol–water partition coefficient (Wildman–Crippen LogP) is 3.11. The van der Waals surface area contributed by atoms with Gasteiger partial charge in [-0.05, 0) is 42.1 Å². The number of carbonyl (C=O) groups is 1. The number of ether oxygens (including phenoxy) is 1. The van der Waals surface area contributed by atoms with Crippen molar-refractivity contribution in [2.45, 2.75) is 24.1 Å². The molecule has 0 unspecified atom stereocenters. The molecule has 1 amide bonds. The molecule has 0 atom stereocenters. The SMILES string of the molecule is O=C(CCc1cccs1)N1CCN(S(=O)(=O)c2ccc(OC(F)(F)F)cc2)CC1. The number of hydrogen-bond acceptors (Lipinski definition) is 5. The van der Waals surface area contributed by atoms with Gasteiger partial charge in [0.25, 0.3) is 0 Å². The van der Waals surface area contributed by atoms with Crippen LogP contribution in [0, 0.1) is 0 Å². The number of amides is 1. The summed E-state index contributed by atoms with van der Waals surface area (Å²) in [6.45, 7) is 0.817. The number of alkyl halides is 3. The minimum absolute atomic E-state index is 0.0240. The highest BCUT2D eigenvalue weighted by atomic mass is 32.2. The van der Waals surface area contributed by atoms with Crippen LogP contribution in [-0.4, -0.2) is 56.1 Å². The largest absolute Gasteiger partial charge is 0.573 e. The van der Waals surface area contributed by atoms with Gasteiger partial charge in [0.2, 0.25) is 15.9 Å². The Labute approximate surface area is 170 Å². The average Bonchev–Trinajstić information content (AvgIpc) is 3.19. The van der Waals surface area contributed by atoms with Gasteiger partial charge in [0.1, 0.15) is 5.75 Å². The lowest BCUT2D eigenvalue weighted by Crippen LogP contribution is -2.50. The number of rotatable bonds is 6. The summed E-state index contributed by atoms with van der Waals surface area (Å²) in [4.78, 5) is 15.0. The molecule has 1 aromatic carbocycles. The van der Waals surface area contributed by atoms with Crippen LogP contribution in [0.5, 0.6) is 5.75 Å². The fourth-order valence-electron chi connectivity index (χ4n) is 2.98. The molecule has 29 heavy (non-hydrogen) atoms. The fraction of sp³-hybridized carbons (Fsp3) is 0.389. The van der Waals surface area contributed by atoms with E-state index in [2.05, 4.69) is 4.74 Å². The number of thiophene rings is 1. The molecular formula is C18H19F3N2O4S2. The standard InChI is InChI=1S/C18H19F3N2O4S2/c19-18(20,21)27-14-3-6-16(7-4-14)29(25,26)23-11-9-22(10-12-23)17(24)8-5-15-2-1-13-28-15/h1-4,6-7,13H,5,8-12H2. The first-order chi connectivity index (χ1) is 13.6. The second kappa shape index (κ2) is 8.72. The zero-order valence-corrected chi connectivity index (χ0v) is 16.9. The quantitative estimate of drug-likeness (QED) is 0.681. The second-order valence-corrected chi connectivity index (χ2v) is 9.35. The third-order valence-corrected chi connectivity index (χ3v) is 7.30. The molecule has 3 rings (SSSR count). The lowest BCUT2D eigenvalue weighted by molar-refractivity contribution is -0.274. The summed E-state index contributed by atoms with van der Waals surface area (Å²) >= 11 is 1.59. The van der Waals surface area contributed by atoms with Crippen LogP contribution >= 0.6 is 11.3 Å². The van der Waals surface area contributed by atoms with E-state index in [1.54, 1.807) is 16.2 Å². The van der Waals surface area contributed by atoms with Crippen molar-refractivity contribution in [1.29, 1.82) is 0 Å². The molecule has 1 saturated heterocycles. The maximum atomic E-state index is 12.7. The van der Waals surface area contributed by atoms with Crippen LogP contribution in [0.2, 0.25) is 0 Å². The van der Waals surface area contributed by atoms with E-state index in [-0.39, 0.29) is 37.0 Å². The molecule has 0 spiro atoms. The Morgan fingerprint density at radius 3 is 2.28 bits per heavy atom. The summed E-state index contributed by atoms with van der Waals surface area (Å²) in [5, 5.41) is 1.95. The second-order valence-electron chi connectivity index (χ2n) is 6.38. The van der Waals surface area contributed by atoms with Crippen LogP contribution < -0.4 is 4.74 Å². The van der Waals surface area contributed by atoms with E-state index in [1.165, 1.54) is 4.31 Å². The molecule has 11 heteroatoms. The Morgan fingerprint density at radius 1 is 1.07 bits per heavy atom. The normalized spacial score (nSPS) is 16.0. The highest BCUT2D eigenvalue weighted by Crippen LogP contribution is 2.25. The summed E-state index contributed by atoms with van der Waals surface area (Å²) in [5.41, 5.74) is 0. The molecule has 1 aliphatic heterocycles. The van der Waals surface area contributed by atoms with E-state index in [4.69, 9.17) is 0 Å². The molecule has 0 radical (unpaired) electrons. The molecule has 1 aliphatic rings. The van der Waals surface area contributed by atoms with Gasteiger partial charge in [0.15, 0.2) is 0 Å². The summed E-state index contributed by atoms with van der Waals surface area (Å²) in [7, 11) is -3.86. The third-order valence-electron chi connectivity index (χ3n) is 4.45. The Morgan fingerprint density at radius 2 is 1.72 bits per heavy atom. The predicted molar refractivity (Wildman–Crippen MR) is 101 cm³/mol. The Bertz CT molecular complexity index is 921. The average molecular weight is 448 g/mol. The van der Waals surface area contributed by atoms with Crippen molar-refractivity contribution in [2.75, 3.05) is 26.2 Å². The van der Waals surface area contributed by atoms with Gasteiger partial charge in [0, 0.05) is 37.5 Å². The first kappa shape index (κ1) is 21.6. The summed E-state index contributed by atoms with van der Waals surface area (Å²) < 4.78 is 67.1. The minimum atomic E-state index is -4.84. The van der Waals surface area contributed by atoms with E-state index in [9.17, 15) is 26.4 Å². The Kier molecular flexibility index (Phi) is 6.49. The van der Waals surface area contributed by atoms with Gasteiger partial charge in [-0.25, -0.2) is 8.42 Å².